The largest absolute Gasteiger partial charge is 0.493 e. The lowest BCUT2D eigenvalue weighted by molar-refractivity contribution is -0.119. The number of carboxylic acids is 1. The van der Waals surface area contributed by atoms with Gasteiger partial charge in [0.15, 0.2) is 17.2 Å². The van der Waals surface area contributed by atoms with Crippen molar-refractivity contribution in [3.8, 4) is 34.1 Å². The van der Waals surface area contributed by atoms with Gasteiger partial charge in [-0.25, -0.2) is 4.79 Å². The first kappa shape index (κ1) is 22.9. The average Bonchev–Trinajstić information content (AvgIpc) is 3.00. The van der Waals surface area contributed by atoms with Crippen molar-refractivity contribution >= 4 is 11.9 Å². The van der Waals surface area contributed by atoms with E-state index in [0.29, 0.717) is 28.7 Å². The van der Waals surface area contributed by atoms with Crippen LogP contribution >= 0.6 is 0 Å². The summed E-state index contributed by atoms with van der Waals surface area (Å²) in [5, 5.41) is 12.9. The first-order chi connectivity index (χ1) is 15.3. The zero-order chi connectivity index (χ0) is 23.6. The molecule has 2 aromatic rings. The molecule has 32 heavy (non-hydrogen) atoms. The highest BCUT2D eigenvalue weighted by Gasteiger charge is 2.34. The van der Waals surface area contributed by atoms with E-state index in [-0.39, 0.29) is 46.3 Å². The summed E-state index contributed by atoms with van der Waals surface area (Å²) in [6, 6.07) is 4.04. The van der Waals surface area contributed by atoms with Gasteiger partial charge in [-0.3, -0.25) is 9.59 Å². The van der Waals surface area contributed by atoms with E-state index in [1.807, 2.05) is 0 Å². The molecule has 1 aliphatic rings. The second kappa shape index (κ2) is 9.17. The van der Waals surface area contributed by atoms with Crippen LogP contribution in [0.5, 0.6) is 23.0 Å². The van der Waals surface area contributed by atoms with Crippen molar-refractivity contribution < 1.29 is 33.6 Å². The predicted octanol–water partition coefficient (Wildman–Crippen LogP) is 2.57. The molecular weight excluding hydrogens is 418 g/mol. The van der Waals surface area contributed by atoms with E-state index in [2.05, 4.69) is 5.32 Å². The van der Waals surface area contributed by atoms with Crippen molar-refractivity contribution in [3.63, 3.8) is 0 Å². The van der Waals surface area contributed by atoms with Crippen molar-refractivity contribution in [3.05, 3.63) is 45.1 Å². The van der Waals surface area contributed by atoms with E-state index in [9.17, 15) is 19.5 Å². The van der Waals surface area contributed by atoms with Crippen LogP contribution in [-0.2, 0) is 11.2 Å². The Hall–Kier alpha value is -3.75. The Kier molecular flexibility index (Phi) is 6.57. The van der Waals surface area contributed by atoms with Crippen molar-refractivity contribution in [1.29, 1.82) is 0 Å². The minimum atomic E-state index is -1.19. The summed E-state index contributed by atoms with van der Waals surface area (Å²) in [4.78, 5) is 36.9. The molecule has 0 aliphatic heterocycles. The number of amides is 1. The summed E-state index contributed by atoms with van der Waals surface area (Å²) in [6.07, 6.45) is 0.632. The van der Waals surface area contributed by atoms with E-state index in [0.717, 1.165) is 0 Å². The topological polar surface area (TPSA) is 120 Å². The van der Waals surface area contributed by atoms with Gasteiger partial charge in [0.05, 0.1) is 34.5 Å². The highest BCUT2D eigenvalue weighted by Crippen LogP contribution is 2.52. The van der Waals surface area contributed by atoms with Gasteiger partial charge in [-0.2, -0.15) is 0 Å². The molecule has 0 saturated carbocycles. The lowest BCUT2D eigenvalue weighted by Gasteiger charge is -2.22. The number of carbonyl (C=O) groups is 2. The van der Waals surface area contributed by atoms with E-state index in [4.69, 9.17) is 18.9 Å². The second-order valence-corrected chi connectivity index (χ2v) is 7.20. The van der Waals surface area contributed by atoms with Crippen LogP contribution in [0.4, 0.5) is 0 Å². The van der Waals surface area contributed by atoms with Gasteiger partial charge in [-0.05, 0) is 41.7 Å². The van der Waals surface area contributed by atoms with Gasteiger partial charge in [0.25, 0.3) is 0 Å². The van der Waals surface area contributed by atoms with E-state index in [1.165, 1.54) is 47.5 Å². The molecular formula is C23H25NO8. The molecule has 1 atom stereocenters. The number of hydrogen-bond donors (Lipinski definition) is 2. The molecule has 170 valence electrons. The molecule has 0 saturated heterocycles. The van der Waals surface area contributed by atoms with Crippen LogP contribution in [0.2, 0.25) is 0 Å². The molecule has 0 fully saturated rings. The maximum absolute atomic E-state index is 12.7. The highest BCUT2D eigenvalue weighted by molar-refractivity contribution is 5.99. The Morgan fingerprint density at radius 3 is 2.19 bits per heavy atom. The minimum Gasteiger partial charge on any atom is -0.493 e. The van der Waals surface area contributed by atoms with E-state index in [1.54, 1.807) is 6.07 Å². The Balaban J connectivity index is 2.55. The molecule has 0 bridgehead atoms. The molecule has 0 heterocycles. The van der Waals surface area contributed by atoms with Crippen molar-refractivity contribution in [1.82, 2.24) is 5.32 Å². The summed E-state index contributed by atoms with van der Waals surface area (Å²) >= 11 is 0. The van der Waals surface area contributed by atoms with Crippen LogP contribution in [0.3, 0.4) is 0 Å². The molecule has 0 radical (unpaired) electrons. The van der Waals surface area contributed by atoms with E-state index < -0.39 is 12.0 Å². The number of rotatable bonds is 6. The van der Waals surface area contributed by atoms with Gasteiger partial charge in [-0.15, -0.1) is 0 Å². The Morgan fingerprint density at radius 1 is 1.00 bits per heavy atom. The monoisotopic (exact) mass is 443 g/mol. The van der Waals surface area contributed by atoms with E-state index >= 15 is 0 Å². The fraction of sp³-hybridized carbons (Fsp3) is 0.348. The van der Waals surface area contributed by atoms with Crippen molar-refractivity contribution in [2.45, 2.75) is 25.8 Å². The van der Waals surface area contributed by atoms with Crippen LogP contribution in [-0.4, -0.2) is 45.4 Å². The molecule has 1 aliphatic carbocycles. The first-order valence-electron chi connectivity index (χ1n) is 9.86. The summed E-state index contributed by atoms with van der Waals surface area (Å²) in [6.45, 7) is 1.38. The second-order valence-electron chi connectivity index (χ2n) is 7.20. The van der Waals surface area contributed by atoms with Crippen molar-refractivity contribution in [2.24, 2.45) is 0 Å². The third-order valence-corrected chi connectivity index (χ3v) is 5.46. The molecule has 2 aromatic carbocycles. The number of methoxy groups -OCH3 is 4. The average molecular weight is 443 g/mol. The number of benzene rings is 1. The van der Waals surface area contributed by atoms with Gasteiger partial charge in [0.1, 0.15) is 5.56 Å². The number of carboxylic acid groups (broad SMARTS) is 1. The van der Waals surface area contributed by atoms with Crippen LogP contribution in [0, 0.1) is 0 Å². The maximum Gasteiger partial charge on any atom is 0.339 e. The SMILES string of the molecule is COc1c(OC)c(C(=O)O)c2c(c1OC)-c1ccc(OC)c(=O)cc1[C@@H](NC(C)=O)CC2. The number of nitrogens with one attached hydrogen (secondary N) is 1. The van der Waals surface area contributed by atoms with Crippen LogP contribution in [0.1, 0.15) is 40.9 Å². The van der Waals surface area contributed by atoms with Crippen LogP contribution in [0.15, 0.2) is 23.0 Å². The molecule has 0 spiro atoms. The fourth-order valence-corrected chi connectivity index (χ4v) is 4.22. The van der Waals surface area contributed by atoms with Gasteiger partial charge in [-0.1, -0.05) is 6.07 Å². The third-order valence-electron chi connectivity index (χ3n) is 5.46. The standard InChI is InChI=1S/C23H25NO8/c1-11(25)24-15-8-6-13-18(12-7-9-17(29-2)16(26)10-14(12)15)20(30-3)22(32-5)21(31-4)19(13)23(27)28/h7,9-10,15H,6,8H2,1-5H3,(H,24,25)(H,27,28)/t15-/m0/s1. The normalized spacial score (nSPS) is 14.3. The quantitative estimate of drug-likeness (QED) is 0.699. The lowest BCUT2D eigenvalue weighted by atomic mass is 9.91. The third kappa shape index (κ3) is 3.81. The highest BCUT2D eigenvalue weighted by atomic mass is 16.5. The zero-order valence-electron chi connectivity index (χ0n) is 18.5. The number of hydrogen-bond acceptors (Lipinski definition) is 7. The minimum absolute atomic E-state index is 0.0394. The number of ether oxygens (including phenoxy) is 4. The van der Waals surface area contributed by atoms with Crippen LogP contribution < -0.4 is 29.7 Å². The molecule has 9 nitrogen and oxygen atoms in total. The molecule has 2 N–H and O–H groups in total. The Labute approximate surface area is 184 Å². The number of fused-ring (bicyclic) bond motifs is 3. The first-order valence-corrected chi connectivity index (χ1v) is 9.86. The molecule has 0 unspecified atom stereocenters. The van der Waals surface area contributed by atoms with Crippen LogP contribution in [0.25, 0.3) is 11.1 Å². The summed E-state index contributed by atoms with van der Waals surface area (Å²) in [5.41, 5.74) is 1.54. The van der Waals surface area contributed by atoms with Gasteiger partial charge in [0.2, 0.25) is 17.1 Å². The number of aromatic carboxylic acids is 1. The summed E-state index contributed by atoms with van der Waals surface area (Å²) < 4.78 is 21.7. The lowest BCUT2D eigenvalue weighted by Crippen LogP contribution is -2.26. The van der Waals surface area contributed by atoms with Gasteiger partial charge in [0, 0.05) is 12.5 Å². The predicted molar refractivity (Wildman–Crippen MR) is 116 cm³/mol. The Bertz CT molecular complexity index is 1140. The molecule has 3 rings (SSSR count). The summed E-state index contributed by atoms with van der Waals surface area (Å²) in [5.74, 6) is -0.932. The zero-order valence-corrected chi connectivity index (χ0v) is 18.5. The molecule has 1 amide bonds. The number of carbonyl (C=O) groups excluding carboxylic acids is 1. The fourth-order valence-electron chi connectivity index (χ4n) is 4.22. The Morgan fingerprint density at radius 2 is 1.66 bits per heavy atom. The van der Waals surface area contributed by atoms with Crippen molar-refractivity contribution in [2.75, 3.05) is 28.4 Å². The smallest absolute Gasteiger partial charge is 0.339 e. The van der Waals surface area contributed by atoms with Gasteiger partial charge >= 0.3 is 5.97 Å². The van der Waals surface area contributed by atoms with Gasteiger partial charge < -0.3 is 29.4 Å². The molecule has 0 aromatic heterocycles. The maximum atomic E-state index is 12.7. The molecule has 9 heteroatoms. The summed E-state index contributed by atoms with van der Waals surface area (Å²) in [7, 11) is 5.57.